The van der Waals surface area contributed by atoms with Gasteiger partial charge in [0.2, 0.25) is 0 Å². The van der Waals surface area contributed by atoms with Crippen molar-refractivity contribution >= 4 is 23.2 Å². The zero-order chi connectivity index (χ0) is 16.2. The van der Waals surface area contributed by atoms with Crippen molar-refractivity contribution in [3.05, 3.63) is 59.4 Å². The first-order valence-electron chi connectivity index (χ1n) is 7.56. The fraction of sp³-hybridized carbons (Fsp3) is 0.222. The molecule has 0 saturated carbocycles. The van der Waals surface area contributed by atoms with E-state index in [1.165, 1.54) is 0 Å². The molecule has 0 radical (unpaired) electrons. The van der Waals surface area contributed by atoms with Gasteiger partial charge >= 0.3 is 5.97 Å². The first kappa shape index (κ1) is 15.6. The molecule has 0 bridgehead atoms. The molecule has 0 aliphatic carbocycles. The molecular formula is C18H17ClN2O2. The molecule has 0 aliphatic heterocycles. The first-order chi connectivity index (χ1) is 11.2. The number of aryl methyl sites for hydroxylation is 1. The molecule has 2 aromatic heterocycles. The van der Waals surface area contributed by atoms with E-state index >= 15 is 0 Å². The molecule has 0 N–H and O–H groups in total. The van der Waals surface area contributed by atoms with Crippen LogP contribution in [0.3, 0.4) is 0 Å². The van der Waals surface area contributed by atoms with Gasteiger partial charge in [0.05, 0.1) is 24.4 Å². The van der Waals surface area contributed by atoms with Gasteiger partial charge in [-0.05, 0) is 31.2 Å². The van der Waals surface area contributed by atoms with Gasteiger partial charge in [-0.1, -0.05) is 29.8 Å². The highest BCUT2D eigenvalue weighted by molar-refractivity contribution is 6.30. The van der Waals surface area contributed by atoms with Crippen molar-refractivity contribution in [2.24, 2.45) is 0 Å². The van der Waals surface area contributed by atoms with Gasteiger partial charge in [0.1, 0.15) is 5.65 Å². The fourth-order valence-corrected chi connectivity index (χ4v) is 2.70. The van der Waals surface area contributed by atoms with E-state index in [2.05, 4.69) is 0 Å². The molecule has 0 aliphatic rings. The van der Waals surface area contributed by atoms with Crippen LogP contribution in [-0.2, 0) is 16.0 Å². The van der Waals surface area contributed by atoms with Gasteiger partial charge in [0.25, 0.3) is 0 Å². The van der Waals surface area contributed by atoms with Crippen molar-refractivity contribution in [2.75, 3.05) is 6.61 Å². The molecule has 0 unspecified atom stereocenters. The SMILES string of the molecule is CCOC(=O)CCc1c(-c2ccc(Cl)cc2)nc2ccccn12. The number of carbonyl (C=O) groups is 1. The largest absolute Gasteiger partial charge is 0.466 e. The topological polar surface area (TPSA) is 43.6 Å². The zero-order valence-corrected chi connectivity index (χ0v) is 13.6. The van der Waals surface area contributed by atoms with Gasteiger partial charge in [0.15, 0.2) is 0 Å². The van der Waals surface area contributed by atoms with E-state index in [0.29, 0.717) is 24.5 Å². The molecule has 3 rings (SSSR count). The molecule has 2 heterocycles. The van der Waals surface area contributed by atoms with Gasteiger partial charge in [-0.25, -0.2) is 4.98 Å². The third-order valence-electron chi connectivity index (χ3n) is 3.62. The van der Waals surface area contributed by atoms with Crippen LogP contribution < -0.4 is 0 Å². The minimum absolute atomic E-state index is 0.194. The van der Waals surface area contributed by atoms with Crippen molar-refractivity contribution in [2.45, 2.75) is 19.8 Å². The second kappa shape index (κ2) is 6.84. The van der Waals surface area contributed by atoms with Gasteiger partial charge in [-0.15, -0.1) is 0 Å². The number of aromatic nitrogens is 2. The summed E-state index contributed by atoms with van der Waals surface area (Å²) in [5, 5.41) is 0.686. The molecule has 4 nitrogen and oxygen atoms in total. The van der Waals surface area contributed by atoms with Gasteiger partial charge in [-0.3, -0.25) is 4.79 Å². The maximum absolute atomic E-state index is 11.7. The van der Waals surface area contributed by atoms with E-state index in [1.807, 2.05) is 60.0 Å². The number of imidazole rings is 1. The fourth-order valence-electron chi connectivity index (χ4n) is 2.58. The highest BCUT2D eigenvalue weighted by Crippen LogP contribution is 2.26. The number of hydrogen-bond donors (Lipinski definition) is 0. The molecule has 118 valence electrons. The minimum atomic E-state index is -0.194. The smallest absolute Gasteiger partial charge is 0.306 e. The third kappa shape index (κ3) is 3.37. The first-order valence-corrected chi connectivity index (χ1v) is 7.94. The molecule has 5 heteroatoms. The Kier molecular flexibility index (Phi) is 4.63. The Hall–Kier alpha value is -2.33. The number of fused-ring (bicyclic) bond motifs is 1. The maximum atomic E-state index is 11.7. The normalized spacial score (nSPS) is 10.9. The Bertz CT molecular complexity index is 825. The zero-order valence-electron chi connectivity index (χ0n) is 12.8. The molecular weight excluding hydrogens is 312 g/mol. The molecule has 0 atom stereocenters. The monoisotopic (exact) mass is 328 g/mol. The summed E-state index contributed by atoms with van der Waals surface area (Å²) in [7, 11) is 0. The molecule has 1 aromatic carbocycles. The van der Waals surface area contributed by atoms with Crippen molar-refractivity contribution in [1.82, 2.24) is 9.38 Å². The number of nitrogens with zero attached hydrogens (tertiary/aromatic N) is 2. The van der Waals surface area contributed by atoms with E-state index in [0.717, 1.165) is 22.6 Å². The van der Waals surface area contributed by atoms with E-state index in [1.54, 1.807) is 0 Å². The van der Waals surface area contributed by atoms with Crippen LogP contribution >= 0.6 is 11.6 Å². The molecule has 3 aromatic rings. The summed E-state index contributed by atoms with van der Waals surface area (Å²) in [5.74, 6) is -0.194. The van der Waals surface area contributed by atoms with Gasteiger partial charge in [-0.2, -0.15) is 0 Å². The van der Waals surface area contributed by atoms with Crippen molar-refractivity contribution < 1.29 is 9.53 Å². The number of carbonyl (C=O) groups excluding carboxylic acids is 1. The standard InChI is InChI=1S/C18H17ClN2O2/c1-2-23-17(22)11-10-15-18(13-6-8-14(19)9-7-13)20-16-5-3-4-12-21(15)16/h3-9,12H,2,10-11H2,1H3. The Morgan fingerprint density at radius 2 is 2.00 bits per heavy atom. The van der Waals surface area contributed by atoms with E-state index in [9.17, 15) is 4.79 Å². The van der Waals surface area contributed by atoms with Crippen LogP contribution in [0.25, 0.3) is 16.9 Å². The maximum Gasteiger partial charge on any atom is 0.306 e. The number of pyridine rings is 1. The molecule has 0 fully saturated rings. The van der Waals surface area contributed by atoms with Crippen LogP contribution in [0.4, 0.5) is 0 Å². The van der Waals surface area contributed by atoms with Crippen LogP contribution in [0.1, 0.15) is 19.0 Å². The lowest BCUT2D eigenvalue weighted by Gasteiger charge is -2.06. The van der Waals surface area contributed by atoms with Crippen LogP contribution in [0.2, 0.25) is 5.02 Å². The number of benzene rings is 1. The van der Waals surface area contributed by atoms with E-state index in [4.69, 9.17) is 21.3 Å². The Balaban J connectivity index is 2.01. The number of halogens is 1. The lowest BCUT2D eigenvalue weighted by Crippen LogP contribution is -2.06. The van der Waals surface area contributed by atoms with Gasteiger partial charge < -0.3 is 9.14 Å². The van der Waals surface area contributed by atoms with Crippen LogP contribution in [0.5, 0.6) is 0 Å². The van der Waals surface area contributed by atoms with E-state index < -0.39 is 0 Å². The average Bonchev–Trinajstić information content (AvgIpc) is 2.92. The predicted octanol–water partition coefficient (Wildman–Crippen LogP) is 4.15. The number of hydrogen-bond acceptors (Lipinski definition) is 3. The Labute approximate surface area is 139 Å². The lowest BCUT2D eigenvalue weighted by atomic mass is 10.1. The predicted molar refractivity (Wildman–Crippen MR) is 90.6 cm³/mol. The molecule has 0 saturated heterocycles. The van der Waals surface area contributed by atoms with Crippen molar-refractivity contribution in [1.29, 1.82) is 0 Å². The lowest BCUT2D eigenvalue weighted by molar-refractivity contribution is -0.143. The van der Waals surface area contributed by atoms with Crippen LogP contribution in [0, 0.1) is 0 Å². The minimum Gasteiger partial charge on any atom is -0.466 e. The highest BCUT2D eigenvalue weighted by atomic mass is 35.5. The summed E-state index contributed by atoms with van der Waals surface area (Å²) in [6, 6.07) is 13.4. The van der Waals surface area contributed by atoms with Crippen LogP contribution in [0.15, 0.2) is 48.7 Å². The summed E-state index contributed by atoms with van der Waals surface area (Å²) in [6.45, 7) is 2.21. The summed E-state index contributed by atoms with van der Waals surface area (Å²) in [4.78, 5) is 16.4. The highest BCUT2D eigenvalue weighted by Gasteiger charge is 2.15. The number of ether oxygens (including phenoxy) is 1. The molecule has 0 spiro atoms. The second-order valence-corrected chi connectivity index (χ2v) is 5.58. The Morgan fingerprint density at radius 1 is 1.22 bits per heavy atom. The summed E-state index contributed by atoms with van der Waals surface area (Å²) < 4.78 is 7.04. The number of rotatable bonds is 5. The van der Waals surface area contributed by atoms with Crippen molar-refractivity contribution in [3.8, 4) is 11.3 Å². The third-order valence-corrected chi connectivity index (χ3v) is 3.87. The average molecular weight is 329 g/mol. The summed E-state index contributed by atoms with van der Waals surface area (Å²) in [5.41, 5.74) is 3.71. The molecule has 0 amide bonds. The number of esters is 1. The van der Waals surface area contributed by atoms with E-state index in [-0.39, 0.29) is 5.97 Å². The Morgan fingerprint density at radius 3 is 2.74 bits per heavy atom. The molecule has 23 heavy (non-hydrogen) atoms. The van der Waals surface area contributed by atoms with Gasteiger partial charge in [0, 0.05) is 23.2 Å². The van der Waals surface area contributed by atoms with Crippen molar-refractivity contribution in [3.63, 3.8) is 0 Å². The summed E-state index contributed by atoms with van der Waals surface area (Å²) in [6.07, 6.45) is 2.86. The summed E-state index contributed by atoms with van der Waals surface area (Å²) >= 11 is 5.97. The van der Waals surface area contributed by atoms with Crippen LogP contribution in [-0.4, -0.2) is 22.0 Å². The second-order valence-electron chi connectivity index (χ2n) is 5.15. The quantitative estimate of drug-likeness (QED) is 0.661.